The summed E-state index contributed by atoms with van der Waals surface area (Å²) < 4.78 is 14.6. The molecule has 0 radical (unpaired) electrons. The summed E-state index contributed by atoms with van der Waals surface area (Å²) in [7, 11) is 0. The molecule has 6 heteroatoms. The van der Waals surface area contributed by atoms with E-state index in [4.69, 9.17) is 0 Å². The van der Waals surface area contributed by atoms with Crippen LogP contribution in [0.25, 0.3) is 0 Å². The molecule has 0 aliphatic carbocycles. The number of rotatable bonds is 5. The van der Waals surface area contributed by atoms with E-state index in [1.165, 1.54) is 11.0 Å². The molecule has 0 heterocycles. The Balaban J connectivity index is 2.82. The first-order chi connectivity index (χ1) is 10.6. The number of benzene rings is 1. The number of carbonyl (C=O) groups excluding carboxylic acids is 2. The topological polar surface area (TPSA) is 49.4 Å². The van der Waals surface area contributed by atoms with Crippen molar-refractivity contribution in [3.05, 3.63) is 34.1 Å². The number of amides is 2. The standard InChI is InChI=1S/C17H24BrFN2O2/c1-6-21(10-12-9-13(18)7-8-14(12)19)15(22)11(2)20-16(23)17(3,4)5/h7-9,11H,6,10H2,1-5H3,(H,20,23). The maximum atomic E-state index is 13.9. The second-order valence-electron chi connectivity index (χ2n) is 6.53. The largest absolute Gasteiger partial charge is 0.344 e. The van der Waals surface area contributed by atoms with Gasteiger partial charge in [0.1, 0.15) is 11.9 Å². The van der Waals surface area contributed by atoms with Crippen LogP contribution in [0.2, 0.25) is 0 Å². The van der Waals surface area contributed by atoms with E-state index in [2.05, 4.69) is 21.2 Å². The monoisotopic (exact) mass is 386 g/mol. The Hall–Kier alpha value is -1.43. The van der Waals surface area contributed by atoms with Crippen molar-refractivity contribution in [1.82, 2.24) is 10.2 Å². The van der Waals surface area contributed by atoms with Gasteiger partial charge in [-0.2, -0.15) is 0 Å². The quantitative estimate of drug-likeness (QED) is 0.841. The zero-order chi connectivity index (χ0) is 17.8. The first-order valence-electron chi connectivity index (χ1n) is 7.60. The fourth-order valence-electron chi connectivity index (χ4n) is 1.96. The number of carbonyl (C=O) groups is 2. The minimum Gasteiger partial charge on any atom is -0.344 e. The van der Waals surface area contributed by atoms with Gasteiger partial charge in [-0.3, -0.25) is 9.59 Å². The molecule has 1 N–H and O–H groups in total. The molecule has 0 spiro atoms. The molecule has 2 amide bonds. The Bertz CT molecular complexity index is 584. The van der Waals surface area contributed by atoms with Crippen LogP contribution < -0.4 is 5.32 Å². The van der Waals surface area contributed by atoms with Gasteiger partial charge in [0.2, 0.25) is 11.8 Å². The molecule has 23 heavy (non-hydrogen) atoms. The second-order valence-corrected chi connectivity index (χ2v) is 7.45. The number of likely N-dealkylation sites (N-methyl/N-ethyl adjacent to an activating group) is 1. The van der Waals surface area contributed by atoms with E-state index in [0.29, 0.717) is 12.1 Å². The van der Waals surface area contributed by atoms with Crippen molar-refractivity contribution in [3.8, 4) is 0 Å². The Kier molecular flexibility index (Phi) is 6.74. The second kappa shape index (κ2) is 7.90. The third-order valence-corrected chi connectivity index (χ3v) is 3.95. The molecule has 1 aromatic carbocycles. The lowest BCUT2D eigenvalue weighted by Crippen LogP contribution is -2.49. The van der Waals surface area contributed by atoms with Crippen LogP contribution in [-0.2, 0) is 16.1 Å². The highest BCUT2D eigenvalue weighted by Crippen LogP contribution is 2.18. The lowest BCUT2D eigenvalue weighted by molar-refractivity contribution is -0.138. The Morgan fingerprint density at radius 2 is 1.96 bits per heavy atom. The molecular weight excluding hydrogens is 363 g/mol. The van der Waals surface area contributed by atoms with Crippen molar-refractivity contribution < 1.29 is 14.0 Å². The molecule has 0 saturated heterocycles. The molecule has 1 aromatic rings. The van der Waals surface area contributed by atoms with Gasteiger partial charge in [0.25, 0.3) is 0 Å². The van der Waals surface area contributed by atoms with Gasteiger partial charge in [-0.1, -0.05) is 36.7 Å². The van der Waals surface area contributed by atoms with Gasteiger partial charge in [-0.25, -0.2) is 4.39 Å². The minimum atomic E-state index is -0.656. The molecule has 0 aliphatic heterocycles. The summed E-state index contributed by atoms with van der Waals surface area (Å²) in [5, 5.41) is 2.71. The van der Waals surface area contributed by atoms with Crippen LogP contribution >= 0.6 is 15.9 Å². The summed E-state index contributed by atoms with van der Waals surface area (Å²) in [6, 6.07) is 3.98. The normalized spacial score (nSPS) is 12.7. The van der Waals surface area contributed by atoms with E-state index in [1.807, 2.05) is 6.92 Å². The highest BCUT2D eigenvalue weighted by atomic mass is 79.9. The third kappa shape index (κ3) is 5.61. The van der Waals surface area contributed by atoms with E-state index in [9.17, 15) is 14.0 Å². The summed E-state index contributed by atoms with van der Waals surface area (Å²) >= 11 is 3.30. The number of halogens is 2. The Labute approximate surface area is 145 Å². The van der Waals surface area contributed by atoms with Crippen LogP contribution in [0.4, 0.5) is 4.39 Å². The average molecular weight is 387 g/mol. The summed E-state index contributed by atoms with van der Waals surface area (Å²) in [5.41, 5.74) is -0.133. The van der Waals surface area contributed by atoms with Crippen LogP contribution in [0.15, 0.2) is 22.7 Å². The van der Waals surface area contributed by atoms with Crippen LogP contribution in [0.3, 0.4) is 0 Å². The first-order valence-corrected chi connectivity index (χ1v) is 8.39. The number of nitrogens with zero attached hydrogens (tertiary/aromatic N) is 1. The SMILES string of the molecule is CCN(Cc1cc(Br)ccc1F)C(=O)C(C)NC(=O)C(C)(C)C. The number of nitrogens with one attached hydrogen (secondary N) is 1. The molecule has 4 nitrogen and oxygen atoms in total. The molecule has 0 aliphatic rings. The van der Waals surface area contributed by atoms with Gasteiger partial charge in [0.05, 0.1) is 0 Å². The van der Waals surface area contributed by atoms with E-state index in [-0.39, 0.29) is 24.2 Å². The van der Waals surface area contributed by atoms with Gasteiger partial charge >= 0.3 is 0 Å². The van der Waals surface area contributed by atoms with Crippen molar-refractivity contribution in [1.29, 1.82) is 0 Å². The zero-order valence-electron chi connectivity index (χ0n) is 14.2. The maximum absolute atomic E-state index is 13.9. The smallest absolute Gasteiger partial charge is 0.245 e. The molecular formula is C17H24BrFN2O2. The molecule has 0 aromatic heterocycles. The summed E-state index contributed by atoms with van der Waals surface area (Å²) in [4.78, 5) is 26.0. The number of hydrogen-bond acceptors (Lipinski definition) is 2. The lowest BCUT2D eigenvalue weighted by atomic mass is 9.95. The van der Waals surface area contributed by atoms with Gasteiger partial charge in [-0.15, -0.1) is 0 Å². The molecule has 128 valence electrons. The number of hydrogen-bond donors (Lipinski definition) is 1. The van der Waals surface area contributed by atoms with Crippen LogP contribution in [-0.4, -0.2) is 29.3 Å². The third-order valence-electron chi connectivity index (χ3n) is 3.46. The van der Waals surface area contributed by atoms with Gasteiger partial charge in [0, 0.05) is 28.5 Å². The Morgan fingerprint density at radius 3 is 2.48 bits per heavy atom. The fourth-order valence-corrected chi connectivity index (χ4v) is 2.37. The van der Waals surface area contributed by atoms with Crippen molar-refractivity contribution in [3.63, 3.8) is 0 Å². The summed E-state index contributed by atoms with van der Waals surface area (Å²) in [6.45, 7) is 9.42. The highest BCUT2D eigenvalue weighted by molar-refractivity contribution is 9.10. The maximum Gasteiger partial charge on any atom is 0.245 e. The Morgan fingerprint density at radius 1 is 1.35 bits per heavy atom. The van der Waals surface area contributed by atoms with E-state index in [0.717, 1.165) is 4.47 Å². The van der Waals surface area contributed by atoms with Crippen molar-refractivity contribution in [2.75, 3.05) is 6.54 Å². The van der Waals surface area contributed by atoms with Gasteiger partial charge in [-0.05, 0) is 32.0 Å². The van der Waals surface area contributed by atoms with Crippen LogP contribution in [0.5, 0.6) is 0 Å². The molecule has 0 fully saturated rings. The van der Waals surface area contributed by atoms with Gasteiger partial charge in [0.15, 0.2) is 0 Å². The summed E-state index contributed by atoms with van der Waals surface area (Å²) in [6.07, 6.45) is 0. The molecule has 0 saturated carbocycles. The zero-order valence-corrected chi connectivity index (χ0v) is 15.8. The van der Waals surface area contributed by atoms with E-state index in [1.54, 1.807) is 39.8 Å². The summed E-state index contributed by atoms with van der Waals surface area (Å²) in [5.74, 6) is -0.779. The van der Waals surface area contributed by atoms with Crippen molar-refractivity contribution >= 4 is 27.7 Å². The average Bonchev–Trinajstić information content (AvgIpc) is 2.46. The predicted molar refractivity (Wildman–Crippen MR) is 92.3 cm³/mol. The molecule has 1 atom stereocenters. The molecule has 1 rings (SSSR count). The fraction of sp³-hybridized carbons (Fsp3) is 0.529. The lowest BCUT2D eigenvalue weighted by Gasteiger charge is -2.27. The van der Waals surface area contributed by atoms with Crippen LogP contribution in [0, 0.1) is 11.2 Å². The molecule has 1 unspecified atom stereocenters. The van der Waals surface area contributed by atoms with E-state index >= 15 is 0 Å². The van der Waals surface area contributed by atoms with Crippen molar-refractivity contribution in [2.24, 2.45) is 5.41 Å². The predicted octanol–water partition coefficient (Wildman–Crippen LogP) is 3.49. The van der Waals surface area contributed by atoms with Crippen molar-refractivity contribution in [2.45, 2.75) is 47.2 Å². The first kappa shape index (κ1) is 19.6. The van der Waals surface area contributed by atoms with E-state index < -0.39 is 11.5 Å². The van der Waals surface area contributed by atoms with Gasteiger partial charge < -0.3 is 10.2 Å². The molecule has 0 bridgehead atoms. The highest BCUT2D eigenvalue weighted by Gasteiger charge is 2.27. The van der Waals surface area contributed by atoms with Crippen LogP contribution in [0.1, 0.15) is 40.2 Å². The minimum absolute atomic E-state index is 0.163.